The first-order valence-corrected chi connectivity index (χ1v) is 5.13. The second-order valence-corrected chi connectivity index (χ2v) is 3.82. The van der Waals surface area contributed by atoms with Crippen LogP contribution in [0.5, 0.6) is 0 Å². The van der Waals surface area contributed by atoms with E-state index in [0.717, 1.165) is 4.90 Å². The van der Waals surface area contributed by atoms with E-state index in [1.54, 1.807) is 0 Å². The maximum absolute atomic E-state index is 13.4. The largest absolute Gasteiger partial charge is 0.395 e. The summed E-state index contributed by atoms with van der Waals surface area (Å²) >= 11 is 0. The van der Waals surface area contributed by atoms with E-state index < -0.39 is 29.2 Å². The molecule has 0 spiro atoms. The van der Waals surface area contributed by atoms with E-state index in [1.165, 1.54) is 0 Å². The summed E-state index contributed by atoms with van der Waals surface area (Å²) in [5, 5.41) is 8.81. The predicted octanol–water partition coefficient (Wildman–Crippen LogP) is 1.60. The Morgan fingerprint density at radius 1 is 1.12 bits per heavy atom. The van der Waals surface area contributed by atoms with Crippen molar-refractivity contribution in [3.8, 4) is 0 Å². The Balaban J connectivity index is 2.47. The minimum Gasteiger partial charge on any atom is -0.395 e. The van der Waals surface area contributed by atoms with Gasteiger partial charge in [-0.2, -0.15) is 22.5 Å². The van der Waals surface area contributed by atoms with Crippen LogP contribution in [0.25, 0.3) is 0 Å². The third-order valence-corrected chi connectivity index (χ3v) is 2.59. The molecule has 1 aromatic heterocycles. The number of hydrogen-bond acceptors (Lipinski definition) is 3. The molecule has 94 valence electrons. The SMILES string of the molecule is OCCN(c1c(F)c(F)nc(F)c1F)C1CC1. The Labute approximate surface area is 94.7 Å². The molecular formula is C10H10F4N2O. The Hall–Kier alpha value is -1.37. The molecule has 1 aliphatic rings. The first-order valence-electron chi connectivity index (χ1n) is 5.13. The lowest BCUT2D eigenvalue weighted by Crippen LogP contribution is -2.31. The van der Waals surface area contributed by atoms with E-state index >= 15 is 0 Å². The van der Waals surface area contributed by atoms with E-state index in [-0.39, 0.29) is 19.2 Å². The third kappa shape index (κ3) is 2.19. The van der Waals surface area contributed by atoms with Gasteiger partial charge in [-0.3, -0.25) is 0 Å². The molecular weight excluding hydrogens is 240 g/mol. The lowest BCUT2D eigenvalue weighted by Gasteiger charge is -2.24. The van der Waals surface area contributed by atoms with Gasteiger partial charge >= 0.3 is 0 Å². The number of aliphatic hydroxyl groups excluding tert-OH is 1. The van der Waals surface area contributed by atoms with Gasteiger partial charge in [0.25, 0.3) is 11.9 Å². The van der Waals surface area contributed by atoms with Gasteiger partial charge in [0.1, 0.15) is 5.69 Å². The molecule has 0 unspecified atom stereocenters. The average Bonchev–Trinajstić information content (AvgIpc) is 3.09. The first-order chi connectivity index (χ1) is 8.06. The van der Waals surface area contributed by atoms with Gasteiger partial charge in [-0.15, -0.1) is 0 Å². The van der Waals surface area contributed by atoms with E-state index in [4.69, 9.17) is 5.11 Å². The average molecular weight is 250 g/mol. The summed E-state index contributed by atoms with van der Waals surface area (Å²) in [5.74, 6) is -6.40. The zero-order chi connectivity index (χ0) is 12.6. The molecule has 1 saturated carbocycles. The molecule has 0 atom stereocenters. The maximum atomic E-state index is 13.4. The molecule has 0 saturated heterocycles. The van der Waals surface area contributed by atoms with Crippen LogP contribution in [0.1, 0.15) is 12.8 Å². The summed E-state index contributed by atoms with van der Waals surface area (Å²) in [6, 6.07) is -0.188. The number of aromatic nitrogens is 1. The van der Waals surface area contributed by atoms with Crippen LogP contribution in [0.4, 0.5) is 23.2 Å². The number of nitrogens with zero attached hydrogens (tertiary/aromatic N) is 2. The molecule has 1 N–H and O–H groups in total. The minimum atomic E-state index is -1.68. The topological polar surface area (TPSA) is 36.4 Å². The molecule has 0 bridgehead atoms. The highest BCUT2D eigenvalue weighted by atomic mass is 19.2. The van der Waals surface area contributed by atoms with Crippen molar-refractivity contribution in [3.05, 3.63) is 23.5 Å². The smallest absolute Gasteiger partial charge is 0.253 e. The molecule has 2 rings (SSSR count). The Kier molecular flexibility index (Phi) is 3.19. The summed E-state index contributed by atoms with van der Waals surface area (Å²) in [6.45, 7) is -0.442. The minimum absolute atomic E-state index is 0.0819. The summed E-state index contributed by atoms with van der Waals surface area (Å²) in [5.41, 5.74) is -0.786. The Bertz CT molecular complexity index is 411. The maximum Gasteiger partial charge on any atom is 0.253 e. The monoisotopic (exact) mass is 250 g/mol. The normalized spacial score (nSPS) is 15.1. The van der Waals surface area contributed by atoms with E-state index in [2.05, 4.69) is 4.98 Å². The number of rotatable bonds is 4. The van der Waals surface area contributed by atoms with E-state index in [1.807, 2.05) is 0 Å². The van der Waals surface area contributed by atoms with Gasteiger partial charge in [-0.1, -0.05) is 0 Å². The molecule has 0 aromatic carbocycles. The number of halogens is 4. The molecule has 17 heavy (non-hydrogen) atoms. The van der Waals surface area contributed by atoms with Gasteiger partial charge in [0.05, 0.1) is 6.61 Å². The second-order valence-electron chi connectivity index (χ2n) is 3.82. The lowest BCUT2D eigenvalue weighted by atomic mass is 10.3. The molecule has 1 aromatic rings. The van der Waals surface area contributed by atoms with Crippen molar-refractivity contribution in [2.75, 3.05) is 18.1 Å². The highest BCUT2D eigenvalue weighted by Crippen LogP contribution is 2.35. The standard InChI is InChI=1S/C10H10F4N2O/c11-6-8(7(12)10(14)15-9(6)13)16(3-4-17)5-1-2-5/h5,17H,1-4H2. The fourth-order valence-corrected chi connectivity index (χ4v) is 1.70. The van der Waals surface area contributed by atoms with Crippen molar-refractivity contribution < 1.29 is 22.7 Å². The van der Waals surface area contributed by atoms with Crippen LogP contribution in [0.2, 0.25) is 0 Å². The molecule has 1 aliphatic carbocycles. The quantitative estimate of drug-likeness (QED) is 0.651. The summed E-state index contributed by atoms with van der Waals surface area (Å²) < 4.78 is 52.7. The Morgan fingerprint density at radius 3 is 2.06 bits per heavy atom. The molecule has 1 heterocycles. The molecule has 0 radical (unpaired) electrons. The second kappa shape index (κ2) is 4.48. The summed E-state index contributed by atoms with van der Waals surface area (Å²) in [6.07, 6.45) is 1.34. The highest BCUT2D eigenvalue weighted by molar-refractivity contribution is 5.50. The van der Waals surface area contributed by atoms with Crippen LogP contribution in [0.3, 0.4) is 0 Å². The van der Waals surface area contributed by atoms with Crippen LogP contribution in [0.15, 0.2) is 0 Å². The predicted molar refractivity (Wildman–Crippen MR) is 51.5 cm³/mol. The molecule has 0 amide bonds. The number of hydrogen-bond donors (Lipinski definition) is 1. The van der Waals surface area contributed by atoms with Gasteiger partial charge in [-0.05, 0) is 12.8 Å². The molecule has 0 aliphatic heterocycles. The van der Waals surface area contributed by atoms with Crippen LogP contribution >= 0.6 is 0 Å². The van der Waals surface area contributed by atoms with Crippen molar-refractivity contribution >= 4 is 5.69 Å². The highest BCUT2D eigenvalue weighted by Gasteiger charge is 2.34. The van der Waals surface area contributed by atoms with Gasteiger partial charge in [0.15, 0.2) is 0 Å². The fraction of sp³-hybridized carbons (Fsp3) is 0.500. The summed E-state index contributed by atoms with van der Waals surface area (Å²) in [4.78, 5) is 3.62. The van der Waals surface area contributed by atoms with Crippen LogP contribution in [-0.2, 0) is 0 Å². The van der Waals surface area contributed by atoms with Gasteiger partial charge < -0.3 is 10.0 Å². The van der Waals surface area contributed by atoms with Crippen molar-refractivity contribution in [2.24, 2.45) is 0 Å². The fourth-order valence-electron chi connectivity index (χ4n) is 1.70. The molecule has 7 heteroatoms. The number of aliphatic hydroxyl groups is 1. The lowest BCUT2D eigenvalue weighted by molar-refractivity contribution is 0.299. The van der Waals surface area contributed by atoms with Crippen LogP contribution in [-0.4, -0.2) is 29.3 Å². The van der Waals surface area contributed by atoms with E-state index in [0.29, 0.717) is 12.8 Å². The third-order valence-electron chi connectivity index (χ3n) is 2.59. The van der Waals surface area contributed by atoms with Crippen molar-refractivity contribution in [1.82, 2.24) is 4.98 Å². The Morgan fingerprint density at radius 2 is 1.65 bits per heavy atom. The zero-order valence-electron chi connectivity index (χ0n) is 8.76. The van der Waals surface area contributed by atoms with Gasteiger partial charge in [0, 0.05) is 12.6 Å². The van der Waals surface area contributed by atoms with Crippen LogP contribution < -0.4 is 4.90 Å². The first kappa shape index (κ1) is 12.1. The van der Waals surface area contributed by atoms with Gasteiger partial charge in [0.2, 0.25) is 11.6 Å². The number of anilines is 1. The number of pyridine rings is 1. The van der Waals surface area contributed by atoms with E-state index in [9.17, 15) is 17.6 Å². The van der Waals surface area contributed by atoms with Crippen LogP contribution in [0, 0.1) is 23.5 Å². The summed E-state index contributed by atoms with van der Waals surface area (Å²) in [7, 11) is 0. The van der Waals surface area contributed by atoms with Crippen molar-refractivity contribution in [2.45, 2.75) is 18.9 Å². The van der Waals surface area contributed by atoms with Gasteiger partial charge in [-0.25, -0.2) is 0 Å². The van der Waals surface area contributed by atoms with Crippen molar-refractivity contribution in [3.63, 3.8) is 0 Å². The van der Waals surface area contributed by atoms with Crippen molar-refractivity contribution in [1.29, 1.82) is 0 Å². The molecule has 1 fully saturated rings. The molecule has 3 nitrogen and oxygen atoms in total. The zero-order valence-corrected chi connectivity index (χ0v) is 8.76.